The fraction of sp³-hybridized carbons (Fsp3) is 0.350. The SMILES string of the molecule is COc1ccc(C(=O)Nc2c(C)cc(Br)cc2C)cc1S(=O)(=O)N1CCOCC1. The third-order valence-corrected chi connectivity index (χ3v) is 7.13. The number of carbonyl (C=O) groups excluding carboxylic acids is 1. The predicted octanol–water partition coefficient (Wildman–Crippen LogP) is 3.35. The van der Waals surface area contributed by atoms with Gasteiger partial charge in [-0.1, -0.05) is 15.9 Å². The van der Waals surface area contributed by atoms with E-state index >= 15 is 0 Å². The van der Waals surface area contributed by atoms with Crippen LogP contribution in [0.4, 0.5) is 5.69 Å². The standard InChI is InChI=1S/C20H23BrN2O5S/c1-13-10-16(21)11-14(2)19(13)22-20(24)15-4-5-17(27-3)18(12-15)29(25,26)23-6-8-28-9-7-23/h4-5,10-12H,6-9H2,1-3H3,(H,22,24). The highest BCUT2D eigenvalue weighted by molar-refractivity contribution is 9.10. The second-order valence-electron chi connectivity index (χ2n) is 6.75. The van der Waals surface area contributed by atoms with Crippen LogP contribution in [-0.4, -0.2) is 52.0 Å². The zero-order chi connectivity index (χ0) is 21.2. The fourth-order valence-electron chi connectivity index (χ4n) is 3.24. The molecule has 2 aromatic carbocycles. The molecule has 0 radical (unpaired) electrons. The summed E-state index contributed by atoms with van der Waals surface area (Å²) < 4.78 is 39.0. The van der Waals surface area contributed by atoms with E-state index in [0.717, 1.165) is 15.6 Å². The van der Waals surface area contributed by atoms with Crippen LogP contribution in [0.5, 0.6) is 5.75 Å². The largest absolute Gasteiger partial charge is 0.495 e. The van der Waals surface area contributed by atoms with Gasteiger partial charge in [0.1, 0.15) is 10.6 Å². The molecule has 7 nitrogen and oxygen atoms in total. The van der Waals surface area contributed by atoms with Crippen molar-refractivity contribution in [2.75, 3.05) is 38.7 Å². The van der Waals surface area contributed by atoms with Crippen LogP contribution >= 0.6 is 15.9 Å². The Labute approximate surface area is 179 Å². The Balaban J connectivity index is 1.95. The summed E-state index contributed by atoms with van der Waals surface area (Å²) in [6.45, 7) is 5.00. The number of ether oxygens (including phenoxy) is 2. The first-order valence-electron chi connectivity index (χ1n) is 9.08. The summed E-state index contributed by atoms with van der Waals surface area (Å²) in [4.78, 5) is 12.8. The van der Waals surface area contributed by atoms with E-state index in [0.29, 0.717) is 18.9 Å². The van der Waals surface area contributed by atoms with E-state index in [1.54, 1.807) is 6.07 Å². The number of halogens is 1. The minimum absolute atomic E-state index is 0.0289. The van der Waals surface area contributed by atoms with Crippen molar-refractivity contribution >= 4 is 37.5 Å². The van der Waals surface area contributed by atoms with E-state index in [1.807, 2.05) is 26.0 Å². The van der Waals surface area contributed by atoms with Crippen LogP contribution in [0, 0.1) is 13.8 Å². The Kier molecular flexibility index (Phi) is 6.62. The van der Waals surface area contributed by atoms with Crippen LogP contribution in [-0.2, 0) is 14.8 Å². The molecule has 1 amide bonds. The Morgan fingerprint density at radius 2 is 1.76 bits per heavy atom. The number of rotatable bonds is 5. The molecule has 2 aromatic rings. The van der Waals surface area contributed by atoms with E-state index in [-0.39, 0.29) is 35.2 Å². The predicted molar refractivity (Wildman–Crippen MR) is 114 cm³/mol. The number of methoxy groups -OCH3 is 1. The lowest BCUT2D eigenvalue weighted by atomic mass is 10.1. The van der Waals surface area contributed by atoms with Crippen molar-refractivity contribution in [1.29, 1.82) is 0 Å². The second-order valence-corrected chi connectivity index (χ2v) is 9.57. The number of amides is 1. The van der Waals surface area contributed by atoms with Gasteiger partial charge in [0.25, 0.3) is 5.91 Å². The molecule has 0 aromatic heterocycles. The van der Waals surface area contributed by atoms with Gasteiger partial charge >= 0.3 is 0 Å². The lowest BCUT2D eigenvalue weighted by molar-refractivity contribution is 0.0729. The number of morpholine rings is 1. The molecule has 0 aliphatic carbocycles. The first-order valence-corrected chi connectivity index (χ1v) is 11.3. The third kappa shape index (κ3) is 4.63. The number of benzene rings is 2. The van der Waals surface area contributed by atoms with Crippen molar-refractivity contribution in [3.05, 3.63) is 51.5 Å². The zero-order valence-corrected chi connectivity index (χ0v) is 18.9. The van der Waals surface area contributed by atoms with Gasteiger partial charge < -0.3 is 14.8 Å². The number of aryl methyl sites for hydroxylation is 2. The summed E-state index contributed by atoms with van der Waals surface area (Å²) in [7, 11) is -2.41. The second kappa shape index (κ2) is 8.83. The molecular weight excluding hydrogens is 460 g/mol. The van der Waals surface area contributed by atoms with Gasteiger partial charge in [-0.2, -0.15) is 4.31 Å². The maximum absolute atomic E-state index is 13.1. The summed E-state index contributed by atoms with van der Waals surface area (Å²) in [6.07, 6.45) is 0. The molecule has 1 aliphatic heterocycles. The van der Waals surface area contributed by atoms with Gasteiger partial charge in [-0.3, -0.25) is 4.79 Å². The Hall–Kier alpha value is -1.94. The summed E-state index contributed by atoms with van der Waals surface area (Å²) in [5.41, 5.74) is 2.74. The molecule has 9 heteroatoms. The average molecular weight is 483 g/mol. The number of nitrogens with one attached hydrogen (secondary N) is 1. The van der Waals surface area contributed by atoms with Gasteiger partial charge in [-0.15, -0.1) is 0 Å². The molecule has 0 unspecified atom stereocenters. The van der Waals surface area contributed by atoms with Crippen LogP contribution in [0.15, 0.2) is 39.7 Å². The van der Waals surface area contributed by atoms with Gasteiger partial charge in [-0.25, -0.2) is 8.42 Å². The van der Waals surface area contributed by atoms with Crippen molar-refractivity contribution in [2.45, 2.75) is 18.7 Å². The van der Waals surface area contributed by atoms with Crippen LogP contribution in [0.25, 0.3) is 0 Å². The highest BCUT2D eigenvalue weighted by Gasteiger charge is 2.30. The Morgan fingerprint density at radius 1 is 1.14 bits per heavy atom. The number of hydrogen-bond acceptors (Lipinski definition) is 5. The van der Waals surface area contributed by atoms with Crippen molar-refractivity contribution in [3.8, 4) is 5.75 Å². The minimum Gasteiger partial charge on any atom is -0.495 e. The molecule has 1 saturated heterocycles. The molecule has 0 spiro atoms. The summed E-state index contributed by atoms with van der Waals surface area (Å²) in [5.74, 6) is -0.191. The average Bonchev–Trinajstić information content (AvgIpc) is 2.70. The molecular formula is C20H23BrN2O5S. The van der Waals surface area contributed by atoms with E-state index in [2.05, 4.69) is 21.2 Å². The zero-order valence-electron chi connectivity index (χ0n) is 16.5. The van der Waals surface area contributed by atoms with Crippen molar-refractivity contribution in [3.63, 3.8) is 0 Å². The Bertz CT molecular complexity index is 1010. The van der Waals surface area contributed by atoms with Crippen LogP contribution in [0.2, 0.25) is 0 Å². The topological polar surface area (TPSA) is 84.9 Å². The molecule has 156 valence electrons. The maximum atomic E-state index is 13.1. The molecule has 0 atom stereocenters. The number of carbonyl (C=O) groups is 1. The normalized spacial score (nSPS) is 15.2. The van der Waals surface area contributed by atoms with Crippen LogP contribution in [0.3, 0.4) is 0 Å². The smallest absolute Gasteiger partial charge is 0.255 e. The summed E-state index contributed by atoms with van der Waals surface area (Å²) >= 11 is 3.44. The van der Waals surface area contributed by atoms with Gasteiger partial charge in [0.05, 0.1) is 20.3 Å². The monoisotopic (exact) mass is 482 g/mol. The first-order chi connectivity index (χ1) is 13.7. The van der Waals surface area contributed by atoms with Crippen LogP contribution < -0.4 is 10.1 Å². The van der Waals surface area contributed by atoms with E-state index in [9.17, 15) is 13.2 Å². The van der Waals surface area contributed by atoms with Gasteiger partial charge in [0, 0.05) is 28.8 Å². The Morgan fingerprint density at radius 3 is 2.34 bits per heavy atom. The van der Waals surface area contributed by atoms with E-state index < -0.39 is 10.0 Å². The van der Waals surface area contributed by atoms with Crippen molar-refractivity contribution in [2.24, 2.45) is 0 Å². The third-order valence-electron chi connectivity index (χ3n) is 4.75. The quantitative estimate of drug-likeness (QED) is 0.705. The van der Waals surface area contributed by atoms with E-state index in [1.165, 1.54) is 23.5 Å². The molecule has 0 saturated carbocycles. The molecule has 1 N–H and O–H groups in total. The lowest BCUT2D eigenvalue weighted by Crippen LogP contribution is -2.40. The number of sulfonamides is 1. The lowest BCUT2D eigenvalue weighted by Gasteiger charge is -2.26. The fourth-order valence-corrected chi connectivity index (χ4v) is 5.52. The summed E-state index contributed by atoms with van der Waals surface area (Å²) in [6, 6.07) is 8.23. The van der Waals surface area contributed by atoms with Crippen molar-refractivity contribution in [1.82, 2.24) is 4.31 Å². The number of hydrogen-bond donors (Lipinski definition) is 1. The first kappa shape index (κ1) is 21.8. The summed E-state index contributed by atoms with van der Waals surface area (Å²) in [5, 5.41) is 2.89. The van der Waals surface area contributed by atoms with Crippen LogP contribution in [0.1, 0.15) is 21.5 Å². The molecule has 29 heavy (non-hydrogen) atoms. The molecule has 0 bridgehead atoms. The van der Waals surface area contributed by atoms with Gasteiger partial charge in [0.2, 0.25) is 10.0 Å². The molecule has 3 rings (SSSR count). The highest BCUT2D eigenvalue weighted by Crippen LogP contribution is 2.30. The van der Waals surface area contributed by atoms with Gasteiger partial charge in [0.15, 0.2) is 0 Å². The molecule has 1 heterocycles. The van der Waals surface area contributed by atoms with E-state index in [4.69, 9.17) is 9.47 Å². The number of anilines is 1. The van der Waals surface area contributed by atoms with Crippen molar-refractivity contribution < 1.29 is 22.7 Å². The van der Waals surface area contributed by atoms with Gasteiger partial charge in [-0.05, 0) is 55.3 Å². The number of nitrogens with zero attached hydrogens (tertiary/aromatic N) is 1. The minimum atomic E-state index is -3.81. The highest BCUT2D eigenvalue weighted by atomic mass is 79.9. The maximum Gasteiger partial charge on any atom is 0.255 e. The molecule has 1 fully saturated rings. The molecule has 1 aliphatic rings.